The quantitative estimate of drug-likeness (QED) is 0.573. The van der Waals surface area contributed by atoms with Crippen LogP contribution >= 0.6 is 0 Å². The van der Waals surface area contributed by atoms with E-state index in [9.17, 15) is 18.4 Å². The number of amides is 3. The minimum atomic E-state index is -1.20. The summed E-state index contributed by atoms with van der Waals surface area (Å²) in [4.78, 5) is 27.4. The highest BCUT2D eigenvalue weighted by Crippen LogP contribution is 2.36. The second-order valence-corrected chi connectivity index (χ2v) is 7.35. The average molecular weight is 382 g/mol. The zero-order valence-electron chi connectivity index (χ0n) is 16.1. The molecule has 4 nitrogen and oxygen atoms in total. The molecule has 3 amide bonds. The first-order valence-electron chi connectivity index (χ1n) is 8.88. The number of imide groups is 1. The first kappa shape index (κ1) is 19.6. The fourth-order valence-corrected chi connectivity index (χ4v) is 3.39. The summed E-state index contributed by atoms with van der Waals surface area (Å²) in [5, 5.41) is 0. The van der Waals surface area contributed by atoms with Crippen LogP contribution in [0.2, 0.25) is 0 Å². The van der Waals surface area contributed by atoms with Gasteiger partial charge in [-0.3, -0.25) is 4.79 Å². The third-order valence-corrected chi connectivity index (χ3v) is 4.61. The molecule has 0 aliphatic carbocycles. The van der Waals surface area contributed by atoms with Crippen LogP contribution in [-0.2, 0) is 4.79 Å². The molecule has 1 aliphatic rings. The maximum Gasteiger partial charge on any atom is 0.332 e. The molecule has 1 saturated heterocycles. The zero-order chi connectivity index (χ0) is 20.6. The monoisotopic (exact) mass is 382 g/mol. The van der Waals surface area contributed by atoms with Gasteiger partial charge >= 0.3 is 6.03 Å². The fourth-order valence-electron chi connectivity index (χ4n) is 3.39. The molecule has 28 heavy (non-hydrogen) atoms. The second kappa shape index (κ2) is 7.08. The van der Waals surface area contributed by atoms with Gasteiger partial charge in [-0.25, -0.2) is 18.5 Å². The van der Waals surface area contributed by atoms with E-state index < -0.39 is 34.8 Å². The van der Waals surface area contributed by atoms with Crippen LogP contribution < -0.4 is 4.90 Å². The number of hydrogen-bond acceptors (Lipinski definition) is 2. The highest BCUT2D eigenvalue weighted by molar-refractivity contribution is 6.23. The molecule has 0 atom stereocenters. The molecule has 2 aromatic carbocycles. The van der Waals surface area contributed by atoms with Gasteiger partial charge in [-0.05, 0) is 52.0 Å². The van der Waals surface area contributed by atoms with Crippen molar-refractivity contribution in [3.05, 3.63) is 65.2 Å². The smallest absolute Gasteiger partial charge is 0.307 e. The second-order valence-electron chi connectivity index (χ2n) is 7.35. The molecule has 1 heterocycles. The number of hydrogen-bond donors (Lipinski definition) is 0. The van der Waals surface area contributed by atoms with E-state index in [1.54, 1.807) is 52.0 Å². The van der Waals surface area contributed by atoms with Gasteiger partial charge in [0.25, 0.3) is 5.91 Å². The fraction of sp³-hybridized carbons (Fsp3) is 0.273. The summed E-state index contributed by atoms with van der Waals surface area (Å²) in [6.07, 6.45) is 0. The summed E-state index contributed by atoms with van der Waals surface area (Å²) in [5.74, 6) is 2.81. The van der Waals surface area contributed by atoms with E-state index in [0.717, 1.165) is 12.1 Å². The minimum absolute atomic E-state index is 0.113. The van der Waals surface area contributed by atoms with Crippen LogP contribution in [-0.4, -0.2) is 28.4 Å². The van der Waals surface area contributed by atoms with Crippen LogP contribution in [0.4, 0.5) is 19.3 Å². The van der Waals surface area contributed by atoms with Crippen molar-refractivity contribution in [3.8, 4) is 11.8 Å². The van der Waals surface area contributed by atoms with Gasteiger partial charge < -0.3 is 4.90 Å². The van der Waals surface area contributed by atoms with Gasteiger partial charge in [-0.2, -0.15) is 0 Å². The zero-order valence-corrected chi connectivity index (χ0v) is 16.1. The summed E-state index contributed by atoms with van der Waals surface area (Å²) < 4.78 is 29.5. The maximum absolute atomic E-state index is 14.7. The Morgan fingerprint density at radius 3 is 1.96 bits per heavy atom. The van der Waals surface area contributed by atoms with Gasteiger partial charge in [0.05, 0.1) is 0 Å². The third-order valence-electron chi connectivity index (χ3n) is 4.61. The van der Waals surface area contributed by atoms with Crippen LogP contribution in [0.3, 0.4) is 0 Å². The minimum Gasteiger partial charge on any atom is -0.307 e. The van der Waals surface area contributed by atoms with Gasteiger partial charge in [0.1, 0.15) is 11.2 Å². The molecule has 1 fully saturated rings. The highest BCUT2D eigenvalue weighted by Gasteiger charge is 2.54. The van der Waals surface area contributed by atoms with Crippen molar-refractivity contribution in [2.45, 2.75) is 39.3 Å². The standard InChI is InChI=1S/C22H20F2N2O2/c1-14(2)26-21(28)25(20(27)22(26,3)4)19-17(23)12-16(13-18(19)24)11-10-15-8-6-5-7-9-15/h5-9,12-14H,1-4H3. The first-order valence-corrected chi connectivity index (χ1v) is 8.88. The van der Waals surface area contributed by atoms with E-state index in [2.05, 4.69) is 11.8 Å². The van der Waals surface area contributed by atoms with E-state index in [4.69, 9.17) is 0 Å². The van der Waals surface area contributed by atoms with Crippen molar-refractivity contribution in [1.29, 1.82) is 0 Å². The van der Waals surface area contributed by atoms with E-state index >= 15 is 0 Å². The van der Waals surface area contributed by atoms with Crippen LogP contribution in [0.25, 0.3) is 0 Å². The Morgan fingerprint density at radius 1 is 0.929 bits per heavy atom. The molecular weight excluding hydrogens is 362 g/mol. The Labute approximate surface area is 162 Å². The Morgan fingerprint density at radius 2 is 1.46 bits per heavy atom. The molecule has 0 radical (unpaired) electrons. The Hall–Kier alpha value is -3.20. The normalized spacial score (nSPS) is 15.8. The molecule has 0 unspecified atom stereocenters. The average Bonchev–Trinajstić information content (AvgIpc) is 2.79. The predicted molar refractivity (Wildman–Crippen MR) is 103 cm³/mol. The largest absolute Gasteiger partial charge is 0.332 e. The Balaban J connectivity index is 2.02. The van der Waals surface area contributed by atoms with Crippen molar-refractivity contribution in [2.24, 2.45) is 0 Å². The molecular formula is C22H20F2N2O2. The van der Waals surface area contributed by atoms with E-state index in [1.165, 1.54) is 4.90 Å². The maximum atomic E-state index is 14.7. The summed E-state index contributed by atoms with van der Waals surface area (Å²) >= 11 is 0. The lowest BCUT2D eigenvalue weighted by Gasteiger charge is -2.31. The van der Waals surface area contributed by atoms with Crippen molar-refractivity contribution in [1.82, 2.24) is 4.90 Å². The molecule has 144 valence electrons. The van der Waals surface area contributed by atoms with Gasteiger partial charge in [-0.15, -0.1) is 0 Å². The van der Waals surface area contributed by atoms with Crippen molar-refractivity contribution >= 4 is 17.6 Å². The highest BCUT2D eigenvalue weighted by atomic mass is 19.1. The van der Waals surface area contributed by atoms with E-state index in [0.29, 0.717) is 10.5 Å². The van der Waals surface area contributed by atoms with Crippen LogP contribution in [0.15, 0.2) is 42.5 Å². The van der Waals surface area contributed by atoms with Crippen LogP contribution in [0, 0.1) is 23.5 Å². The molecule has 0 bridgehead atoms. The molecule has 6 heteroatoms. The molecule has 1 aliphatic heterocycles. The number of benzene rings is 2. The lowest BCUT2D eigenvalue weighted by atomic mass is 10.0. The molecule has 0 aromatic heterocycles. The SMILES string of the molecule is CC(C)N1C(=O)N(c2c(F)cc(C#Cc3ccccc3)cc2F)C(=O)C1(C)C. The summed E-state index contributed by atoms with van der Waals surface area (Å²) in [7, 11) is 0. The van der Waals surface area contributed by atoms with E-state index in [1.807, 2.05) is 6.07 Å². The number of urea groups is 1. The Kier molecular flexibility index (Phi) is 4.95. The first-order chi connectivity index (χ1) is 13.1. The van der Waals surface area contributed by atoms with Crippen molar-refractivity contribution in [2.75, 3.05) is 4.90 Å². The number of carbonyl (C=O) groups excluding carboxylic acids is 2. The summed E-state index contributed by atoms with van der Waals surface area (Å²) in [5.41, 5.74) is -1.06. The topological polar surface area (TPSA) is 40.6 Å². The molecule has 3 rings (SSSR count). The van der Waals surface area contributed by atoms with Crippen LogP contribution in [0.5, 0.6) is 0 Å². The summed E-state index contributed by atoms with van der Waals surface area (Å²) in [6.45, 7) is 6.60. The number of rotatable bonds is 2. The van der Waals surface area contributed by atoms with Gasteiger partial charge in [0.2, 0.25) is 0 Å². The number of nitrogens with zero attached hydrogens (tertiary/aromatic N) is 2. The van der Waals surface area contributed by atoms with Crippen LogP contribution in [0.1, 0.15) is 38.8 Å². The van der Waals surface area contributed by atoms with Crippen molar-refractivity contribution < 1.29 is 18.4 Å². The van der Waals surface area contributed by atoms with Gasteiger partial charge in [0.15, 0.2) is 11.6 Å². The molecule has 0 N–H and O–H groups in total. The number of carbonyl (C=O) groups is 2. The van der Waals surface area contributed by atoms with Gasteiger partial charge in [-0.1, -0.05) is 30.0 Å². The lowest BCUT2D eigenvalue weighted by Crippen LogP contribution is -2.47. The Bertz CT molecular complexity index is 981. The molecule has 2 aromatic rings. The predicted octanol–water partition coefficient (Wildman–Crippen LogP) is 4.32. The molecule has 0 saturated carbocycles. The summed E-state index contributed by atoms with van der Waals surface area (Å²) in [6, 6.07) is 10.0. The molecule has 0 spiro atoms. The third kappa shape index (κ3) is 3.24. The lowest BCUT2D eigenvalue weighted by molar-refractivity contribution is -0.123. The number of anilines is 1. The van der Waals surface area contributed by atoms with Gasteiger partial charge in [0, 0.05) is 17.2 Å². The van der Waals surface area contributed by atoms with E-state index in [-0.39, 0.29) is 11.6 Å². The van der Waals surface area contributed by atoms with Crippen molar-refractivity contribution in [3.63, 3.8) is 0 Å². The number of halogens is 2.